The van der Waals surface area contributed by atoms with Gasteiger partial charge in [0.2, 0.25) is 11.8 Å². The Hall–Kier alpha value is -4.12. The molecule has 0 radical (unpaired) electrons. The number of anilines is 1. The van der Waals surface area contributed by atoms with Crippen molar-refractivity contribution in [1.29, 1.82) is 0 Å². The number of nitrogens with zero attached hydrogens (tertiary/aromatic N) is 2. The number of carbonyl (C=O) groups excluding carboxylic acids is 2. The van der Waals surface area contributed by atoms with E-state index in [2.05, 4.69) is 5.32 Å². The van der Waals surface area contributed by atoms with Crippen molar-refractivity contribution in [1.82, 2.24) is 10.2 Å². The molecule has 0 unspecified atom stereocenters. The van der Waals surface area contributed by atoms with Crippen LogP contribution in [0.5, 0.6) is 11.5 Å². The van der Waals surface area contributed by atoms with Crippen LogP contribution in [0.1, 0.15) is 31.4 Å². The number of halogens is 1. The third kappa shape index (κ3) is 7.75. The zero-order valence-corrected chi connectivity index (χ0v) is 24.7. The molecule has 3 aromatic rings. The highest BCUT2D eigenvalue weighted by Crippen LogP contribution is 2.36. The van der Waals surface area contributed by atoms with Gasteiger partial charge in [-0.05, 0) is 62.2 Å². The van der Waals surface area contributed by atoms with Gasteiger partial charge in [-0.3, -0.25) is 13.9 Å². The Morgan fingerprint density at radius 1 is 0.976 bits per heavy atom. The third-order valence-corrected chi connectivity index (χ3v) is 8.30. The number of rotatable bonds is 13. The molecular formula is C30H36FN3O6S. The maximum Gasteiger partial charge on any atom is 0.264 e. The second kappa shape index (κ2) is 14.0. The van der Waals surface area contributed by atoms with Gasteiger partial charge in [0.05, 0.1) is 24.8 Å². The standard InChI is InChI=1S/C30H36FN3O6S/c1-6-17-32-30(36)22(3)33(19-23-9-11-24(31)12-10-23)29(35)20-34(27-18-25(39-4)13-16-28(27)40-5)41(37,38)26-14-7-21(2)8-15-26/h7-16,18,22H,6,17,19-20H2,1-5H3,(H,32,36)/t22-/m1/s1. The number of ether oxygens (including phenoxy) is 2. The summed E-state index contributed by atoms with van der Waals surface area (Å²) in [6, 6.07) is 15.5. The van der Waals surface area contributed by atoms with Crippen molar-refractivity contribution in [2.24, 2.45) is 0 Å². The lowest BCUT2D eigenvalue weighted by molar-refractivity contribution is -0.139. The molecule has 0 spiro atoms. The third-order valence-electron chi connectivity index (χ3n) is 6.53. The molecule has 0 heterocycles. The van der Waals surface area contributed by atoms with E-state index in [9.17, 15) is 22.4 Å². The van der Waals surface area contributed by atoms with Gasteiger partial charge in [-0.15, -0.1) is 0 Å². The molecule has 2 amide bonds. The van der Waals surface area contributed by atoms with Crippen LogP contribution in [0.25, 0.3) is 0 Å². The summed E-state index contributed by atoms with van der Waals surface area (Å²) in [6.07, 6.45) is 0.697. The number of methoxy groups -OCH3 is 2. The van der Waals surface area contributed by atoms with Crippen molar-refractivity contribution < 1.29 is 31.9 Å². The Labute approximate surface area is 240 Å². The molecule has 0 bridgehead atoms. The molecule has 0 saturated carbocycles. The van der Waals surface area contributed by atoms with Crippen LogP contribution in [0.3, 0.4) is 0 Å². The maximum atomic E-state index is 14.0. The SMILES string of the molecule is CCCNC(=O)[C@@H](C)N(Cc1ccc(F)cc1)C(=O)CN(c1cc(OC)ccc1OC)S(=O)(=O)c1ccc(C)cc1. The maximum absolute atomic E-state index is 14.0. The fourth-order valence-electron chi connectivity index (χ4n) is 4.11. The molecule has 11 heteroatoms. The molecule has 0 fully saturated rings. The zero-order chi connectivity index (χ0) is 30.2. The highest BCUT2D eigenvalue weighted by Gasteiger charge is 2.34. The van der Waals surface area contributed by atoms with E-state index < -0.39 is 40.2 Å². The van der Waals surface area contributed by atoms with Gasteiger partial charge in [0.15, 0.2) is 0 Å². The van der Waals surface area contributed by atoms with E-state index in [1.165, 1.54) is 61.6 Å². The van der Waals surface area contributed by atoms with Crippen LogP contribution in [-0.4, -0.2) is 58.5 Å². The molecule has 0 aliphatic carbocycles. The van der Waals surface area contributed by atoms with E-state index in [1.807, 2.05) is 13.8 Å². The predicted octanol–water partition coefficient (Wildman–Crippen LogP) is 4.29. The van der Waals surface area contributed by atoms with Crippen molar-refractivity contribution in [3.05, 3.63) is 83.7 Å². The number of carbonyl (C=O) groups is 2. The first-order chi connectivity index (χ1) is 19.5. The van der Waals surface area contributed by atoms with Crippen molar-refractivity contribution >= 4 is 27.5 Å². The molecule has 3 rings (SSSR count). The van der Waals surface area contributed by atoms with Gasteiger partial charge < -0.3 is 19.7 Å². The molecule has 0 aromatic heterocycles. The Kier molecular flexibility index (Phi) is 10.7. The smallest absolute Gasteiger partial charge is 0.264 e. The summed E-state index contributed by atoms with van der Waals surface area (Å²) in [4.78, 5) is 28.2. The van der Waals surface area contributed by atoms with Gasteiger partial charge in [-0.25, -0.2) is 12.8 Å². The minimum absolute atomic E-state index is 0.0282. The van der Waals surface area contributed by atoms with Gasteiger partial charge in [-0.1, -0.05) is 36.8 Å². The quantitative estimate of drug-likeness (QED) is 0.321. The van der Waals surface area contributed by atoms with Gasteiger partial charge in [0.25, 0.3) is 10.0 Å². The average Bonchev–Trinajstić information content (AvgIpc) is 2.97. The average molecular weight is 586 g/mol. The number of amides is 2. The lowest BCUT2D eigenvalue weighted by Crippen LogP contribution is -2.51. The molecule has 1 N–H and O–H groups in total. The number of benzene rings is 3. The molecule has 41 heavy (non-hydrogen) atoms. The van der Waals surface area contributed by atoms with Crippen molar-refractivity contribution in [2.45, 2.75) is 44.7 Å². The summed E-state index contributed by atoms with van der Waals surface area (Å²) in [7, 11) is -1.46. The normalized spacial score (nSPS) is 11.9. The predicted molar refractivity (Wildman–Crippen MR) is 155 cm³/mol. The first-order valence-electron chi connectivity index (χ1n) is 13.1. The lowest BCUT2D eigenvalue weighted by atomic mass is 10.1. The van der Waals surface area contributed by atoms with Gasteiger partial charge in [0, 0.05) is 19.2 Å². The van der Waals surface area contributed by atoms with E-state index in [0.29, 0.717) is 24.3 Å². The Morgan fingerprint density at radius 3 is 2.22 bits per heavy atom. The minimum atomic E-state index is -4.30. The second-order valence-electron chi connectivity index (χ2n) is 9.48. The first-order valence-corrected chi connectivity index (χ1v) is 14.6. The van der Waals surface area contributed by atoms with E-state index in [0.717, 1.165) is 9.87 Å². The highest BCUT2D eigenvalue weighted by molar-refractivity contribution is 7.92. The molecule has 220 valence electrons. The topological polar surface area (TPSA) is 105 Å². The molecule has 3 aromatic carbocycles. The van der Waals surface area contributed by atoms with Crippen molar-refractivity contribution in [3.8, 4) is 11.5 Å². The summed E-state index contributed by atoms with van der Waals surface area (Å²) in [5.41, 5.74) is 1.52. The number of sulfonamides is 1. The number of hydrogen-bond acceptors (Lipinski definition) is 6. The van der Waals surface area contributed by atoms with E-state index >= 15 is 0 Å². The Balaban J connectivity index is 2.10. The fourth-order valence-corrected chi connectivity index (χ4v) is 5.52. The minimum Gasteiger partial charge on any atom is -0.497 e. The summed E-state index contributed by atoms with van der Waals surface area (Å²) in [5, 5.41) is 2.78. The van der Waals surface area contributed by atoms with Crippen LogP contribution < -0.4 is 19.1 Å². The molecule has 0 aliphatic rings. The molecular weight excluding hydrogens is 549 g/mol. The number of hydrogen-bond donors (Lipinski definition) is 1. The zero-order valence-electron chi connectivity index (χ0n) is 23.9. The Morgan fingerprint density at radius 2 is 1.63 bits per heavy atom. The second-order valence-corrected chi connectivity index (χ2v) is 11.3. The molecule has 0 saturated heterocycles. The first kappa shape index (κ1) is 31.4. The van der Waals surface area contributed by atoms with Crippen LogP contribution in [0, 0.1) is 12.7 Å². The summed E-state index contributed by atoms with van der Waals surface area (Å²) >= 11 is 0. The molecule has 9 nitrogen and oxygen atoms in total. The van der Waals surface area contributed by atoms with Gasteiger partial charge in [0.1, 0.15) is 29.9 Å². The van der Waals surface area contributed by atoms with Crippen LogP contribution in [-0.2, 0) is 26.2 Å². The fraction of sp³-hybridized carbons (Fsp3) is 0.333. The Bertz CT molecular complexity index is 1450. The van der Waals surface area contributed by atoms with E-state index in [4.69, 9.17) is 9.47 Å². The summed E-state index contributed by atoms with van der Waals surface area (Å²) < 4.78 is 53.4. The highest BCUT2D eigenvalue weighted by atomic mass is 32.2. The van der Waals surface area contributed by atoms with E-state index in [-0.39, 0.29) is 22.9 Å². The monoisotopic (exact) mass is 585 g/mol. The van der Waals surface area contributed by atoms with Gasteiger partial charge in [-0.2, -0.15) is 0 Å². The molecule has 1 atom stereocenters. The number of aryl methyl sites for hydroxylation is 1. The van der Waals surface area contributed by atoms with Crippen LogP contribution in [0.15, 0.2) is 71.6 Å². The van der Waals surface area contributed by atoms with Crippen LogP contribution >= 0.6 is 0 Å². The van der Waals surface area contributed by atoms with Crippen LogP contribution in [0.2, 0.25) is 0 Å². The molecule has 0 aliphatic heterocycles. The van der Waals surface area contributed by atoms with Crippen LogP contribution in [0.4, 0.5) is 10.1 Å². The van der Waals surface area contributed by atoms with Gasteiger partial charge >= 0.3 is 0 Å². The van der Waals surface area contributed by atoms with E-state index in [1.54, 1.807) is 31.2 Å². The summed E-state index contributed by atoms with van der Waals surface area (Å²) in [5.74, 6) is -0.926. The van der Waals surface area contributed by atoms with Crippen molar-refractivity contribution in [3.63, 3.8) is 0 Å². The van der Waals surface area contributed by atoms with Crippen molar-refractivity contribution in [2.75, 3.05) is 31.6 Å². The summed E-state index contributed by atoms with van der Waals surface area (Å²) in [6.45, 7) is 5.02. The number of nitrogens with one attached hydrogen (secondary N) is 1. The largest absolute Gasteiger partial charge is 0.497 e. The lowest BCUT2D eigenvalue weighted by Gasteiger charge is -2.32.